The van der Waals surface area contributed by atoms with Crippen molar-refractivity contribution in [2.24, 2.45) is 9.98 Å². The fourth-order valence-corrected chi connectivity index (χ4v) is 3.41. The van der Waals surface area contributed by atoms with Gasteiger partial charge in [0.05, 0.1) is 26.3 Å². The van der Waals surface area contributed by atoms with E-state index in [9.17, 15) is 10.2 Å². The van der Waals surface area contributed by atoms with E-state index in [4.69, 9.17) is 19.5 Å². The van der Waals surface area contributed by atoms with Gasteiger partial charge in [0.25, 0.3) is 0 Å². The molecule has 0 unspecified atom stereocenters. The highest BCUT2D eigenvalue weighted by Gasteiger charge is 2.23. The molecule has 2 atom stereocenters. The van der Waals surface area contributed by atoms with Gasteiger partial charge in [0.2, 0.25) is 0 Å². The summed E-state index contributed by atoms with van der Waals surface area (Å²) in [6.07, 6.45) is 7.46. The van der Waals surface area contributed by atoms with Gasteiger partial charge in [-0.1, -0.05) is 25.0 Å². The second-order valence-electron chi connectivity index (χ2n) is 6.77. The van der Waals surface area contributed by atoms with Crippen molar-refractivity contribution < 1.29 is 19.7 Å². The van der Waals surface area contributed by atoms with Gasteiger partial charge in [-0.2, -0.15) is 0 Å². The topological polar surface area (TPSA) is 83.6 Å². The van der Waals surface area contributed by atoms with E-state index in [1.165, 1.54) is 14.2 Å². The minimum Gasteiger partial charge on any atom is -0.504 e. The molecule has 2 aromatic rings. The summed E-state index contributed by atoms with van der Waals surface area (Å²) >= 11 is 0. The van der Waals surface area contributed by atoms with Crippen molar-refractivity contribution >= 4 is 12.4 Å². The van der Waals surface area contributed by atoms with Crippen LogP contribution < -0.4 is 9.47 Å². The largest absolute Gasteiger partial charge is 0.504 e. The molecule has 6 heteroatoms. The van der Waals surface area contributed by atoms with Crippen molar-refractivity contribution in [3.8, 4) is 23.0 Å². The maximum Gasteiger partial charge on any atom is 0.166 e. The molecule has 1 aliphatic rings. The molecular weight excluding hydrogens is 356 g/mol. The fourth-order valence-electron chi connectivity index (χ4n) is 3.41. The van der Waals surface area contributed by atoms with Gasteiger partial charge in [-0.15, -0.1) is 0 Å². The number of ether oxygens (including phenoxy) is 2. The summed E-state index contributed by atoms with van der Waals surface area (Å²) < 4.78 is 10.3. The summed E-state index contributed by atoms with van der Waals surface area (Å²) in [4.78, 5) is 9.40. The molecule has 148 valence electrons. The Labute approximate surface area is 165 Å². The fraction of sp³-hybridized carbons (Fsp3) is 0.364. The Morgan fingerprint density at radius 1 is 0.786 bits per heavy atom. The van der Waals surface area contributed by atoms with Crippen molar-refractivity contribution in [1.29, 1.82) is 0 Å². The number of benzene rings is 2. The van der Waals surface area contributed by atoms with E-state index < -0.39 is 0 Å². The molecule has 0 bridgehead atoms. The molecule has 2 aromatic carbocycles. The smallest absolute Gasteiger partial charge is 0.166 e. The molecule has 1 aliphatic carbocycles. The monoisotopic (exact) mass is 382 g/mol. The minimum absolute atomic E-state index is 0.0309. The van der Waals surface area contributed by atoms with Crippen LogP contribution in [0.25, 0.3) is 0 Å². The number of methoxy groups -OCH3 is 2. The molecule has 3 rings (SSSR count). The number of hydrogen-bond donors (Lipinski definition) is 2. The molecular formula is C22H26N2O4. The van der Waals surface area contributed by atoms with E-state index in [2.05, 4.69) is 0 Å². The molecule has 2 N–H and O–H groups in total. The Hall–Kier alpha value is -3.02. The van der Waals surface area contributed by atoms with Crippen LogP contribution in [0.5, 0.6) is 23.0 Å². The van der Waals surface area contributed by atoms with E-state index in [-0.39, 0.29) is 23.6 Å². The maximum atomic E-state index is 10.2. The van der Waals surface area contributed by atoms with Crippen LogP contribution in [0.2, 0.25) is 0 Å². The number of rotatable bonds is 6. The average molecular weight is 382 g/mol. The Morgan fingerprint density at radius 3 is 1.61 bits per heavy atom. The van der Waals surface area contributed by atoms with Gasteiger partial charge in [-0.25, -0.2) is 0 Å². The lowest BCUT2D eigenvalue weighted by Gasteiger charge is -2.25. The first-order chi connectivity index (χ1) is 13.6. The lowest BCUT2D eigenvalue weighted by Crippen LogP contribution is -2.27. The third kappa shape index (κ3) is 4.44. The van der Waals surface area contributed by atoms with Crippen LogP contribution in [0.3, 0.4) is 0 Å². The van der Waals surface area contributed by atoms with E-state index in [1.807, 2.05) is 12.1 Å². The number of aliphatic imine (C=N–C) groups is 2. The molecule has 0 aliphatic heterocycles. The number of aromatic hydroxyl groups is 2. The minimum atomic E-state index is 0.0309. The zero-order chi connectivity index (χ0) is 19.9. The van der Waals surface area contributed by atoms with Crippen molar-refractivity contribution in [1.82, 2.24) is 0 Å². The number of nitrogens with zero attached hydrogens (tertiary/aromatic N) is 2. The summed E-state index contributed by atoms with van der Waals surface area (Å²) in [5.74, 6) is 1.03. The van der Waals surface area contributed by atoms with E-state index in [1.54, 1.807) is 36.7 Å². The van der Waals surface area contributed by atoms with Gasteiger partial charge in [0.15, 0.2) is 23.0 Å². The molecule has 0 aromatic heterocycles. The predicted molar refractivity (Wildman–Crippen MR) is 111 cm³/mol. The SMILES string of the molecule is COc1cccc(C=N[C@H]2CCCC[C@@H]2N=Cc2cccc(OC)c2O)c1O. The molecule has 0 spiro atoms. The number of para-hydroxylation sites is 2. The van der Waals surface area contributed by atoms with Crippen LogP contribution in [0.15, 0.2) is 46.4 Å². The zero-order valence-corrected chi connectivity index (χ0v) is 16.2. The van der Waals surface area contributed by atoms with Crippen LogP contribution in [-0.4, -0.2) is 48.9 Å². The van der Waals surface area contributed by atoms with Crippen LogP contribution in [0, 0.1) is 0 Å². The van der Waals surface area contributed by atoms with Crippen molar-refractivity contribution in [3.05, 3.63) is 47.5 Å². The highest BCUT2D eigenvalue weighted by Crippen LogP contribution is 2.30. The van der Waals surface area contributed by atoms with Crippen LogP contribution in [-0.2, 0) is 0 Å². The first kappa shape index (κ1) is 19.7. The van der Waals surface area contributed by atoms with Gasteiger partial charge in [-0.3, -0.25) is 9.98 Å². The normalized spacial score (nSPS) is 19.9. The van der Waals surface area contributed by atoms with Crippen LogP contribution >= 0.6 is 0 Å². The van der Waals surface area contributed by atoms with Crippen molar-refractivity contribution in [2.75, 3.05) is 14.2 Å². The predicted octanol–water partition coefficient (Wildman–Crippen LogP) is 3.96. The zero-order valence-electron chi connectivity index (χ0n) is 16.2. The third-order valence-electron chi connectivity index (χ3n) is 5.00. The Morgan fingerprint density at radius 2 is 1.21 bits per heavy atom. The number of phenolic OH excluding ortho intramolecular Hbond substituents is 2. The molecule has 0 amide bonds. The van der Waals surface area contributed by atoms with E-state index in [0.717, 1.165) is 25.7 Å². The maximum absolute atomic E-state index is 10.2. The Bertz CT molecular complexity index is 792. The first-order valence-electron chi connectivity index (χ1n) is 9.42. The average Bonchev–Trinajstić information content (AvgIpc) is 2.73. The standard InChI is InChI=1S/C22H26N2O4/c1-27-19-11-5-7-15(21(19)25)13-23-17-9-3-4-10-18(17)24-14-16-8-6-12-20(28-2)22(16)26/h5-8,11-14,17-18,25-26H,3-4,9-10H2,1-2H3/t17-,18-/m0/s1. The molecule has 0 heterocycles. The van der Waals surface area contributed by atoms with Gasteiger partial charge < -0.3 is 19.7 Å². The Kier molecular flexibility index (Phi) is 6.53. The number of hydrogen-bond acceptors (Lipinski definition) is 6. The second-order valence-corrected chi connectivity index (χ2v) is 6.77. The van der Waals surface area contributed by atoms with Crippen molar-refractivity contribution in [2.45, 2.75) is 37.8 Å². The molecule has 0 radical (unpaired) electrons. The molecule has 28 heavy (non-hydrogen) atoms. The lowest BCUT2D eigenvalue weighted by molar-refractivity contribution is 0.372. The molecule has 1 saturated carbocycles. The van der Waals surface area contributed by atoms with Gasteiger partial charge in [0, 0.05) is 23.6 Å². The van der Waals surface area contributed by atoms with E-state index >= 15 is 0 Å². The highest BCUT2D eigenvalue weighted by molar-refractivity contribution is 5.86. The summed E-state index contributed by atoms with van der Waals surface area (Å²) in [6, 6.07) is 10.7. The highest BCUT2D eigenvalue weighted by atomic mass is 16.5. The number of phenols is 2. The molecule has 6 nitrogen and oxygen atoms in total. The molecule has 0 saturated heterocycles. The van der Waals surface area contributed by atoms with Gasteiger partial charge >= 0.3 is 0 Å². The first-order valence-corrected chi connectivity index (χ1v) is 9.42. The van der Waals surface area contributed by atoms with Gasteiger partial charge in [-0.05, 0) is 37.1 Å². The lowest BCUT2D eigenvalue weighted by atomic mass is 9.91. The third-order valence-corrected chi connectivity index (χ3v) is 5.00. The summed E-state index contributed by atoms with van der Waals surface area (Å²) in [6.45, 7) is 0. The van der Waals surface area contributed by atoms with Crippen LogP contribution in [0.4, 0.5) is 0 Å². The Balaban J connectivity index is 1.78. The molecule has 1 fully saturated rings. The summed E-state index contributed by atoms with van der Waals surface area (Å²) in [5.41, 5.74) is 1.25. The van der Waals surface area contributed by atoms with E-state index in [0.29, 0.717) is 22.6 Å². The van der Waals surface area contributed by atoms with Crippen LogP contribution in [0.1, 0.15) is 36.8 Å². The second kappa shape index (κ2) is 9.26. The van der Waals surface area contributed by atoms with Gasteiger partial charge in [0.1, 0.15) is 0 Å². The quantitative estimate of drug-likeness (QED) is 0.741. The summed E-state index contributed by atoms with van der Waals surface area (Å²) in [5, 5.41) is 20.5. The van der Waals surface area contributed by atoms with Crippen molar-refractivity contribution in [3.63, 3.8) is 0 Å². The summed E-state index contributed by atoms with van der Waals surface area (Å²) in [7, 11) is 3.05.